The van der Waals surface area contributed by atoms with Gasteiger partial charge in [0.15, 0.2) is 0 Å². The van der Waals surface area contributed by atoms with Crippen molar-refractivity contribution < 1.29 is 9.47 Å². The van der Waals surface area contributed by atoms with Gasteiger partial charge in [-0.15, -0.1) is 0 Å². The molecule has 2 N–H and O–H groups in total. The molecular formula is C18H29NO2. The smallest absolute Gasteiger partial charge is 0.119 e. The molecule has 0 amide bonds. The lowest BCUT2D eigenvalue weighted by atomic mass is 9.80. The maximum absolute atomic E-state index is 6.58. The molecule has 0 heterocycles. The average molecular weight is 291 g/mol. The van der Waals surface area contributed by atoms with E-state index in [1.54, 1.807) is 7.11 Å². The molecule has 21 heavy (non-hydrogen) atoms. The predicted octanol–water partition coefficient (Wildman–Crippen LogP) is 3.99. The first kappa shape index (κ1) is 16.3. The normalized spacial score (nSPS) is 19.2. The molecule has 2 rings (SSSR count). The van der Waals surface area contributed by atoms with E-state index in [0.717, 1.165) is 12.4 Å². The third kappa shape index (κ3) is 3.98. The topological polar surface area (TPSA) is 44.5 Å². The van der Waals surface area contributed by atoms with Crippen molar-refractivity contribution in [3.8, 4) is 5.75 Å². The van der Waals surface area contributed by atoms with Crippen molar-refractivity contribution >= 4 is 0 Å². The van der Waals surface area contributed by atoms with Gasteiger partial charge in [0.2, 0.25) is 0 Å². The average Bonchev–Trinajstić information content (AvgIpc) is 2.52. The molecule has 1 aliphatic carbocycles. The Balaban J connectivity index is 2.18. The minimum Gasteiger partial charge on any atom is -0.497 e. The number of ether oxygens (including phenoxy) is 2. The quantitative estimate of drug-likeness (QED) is 0.862. The van der Waals surface area contributed by atoms with Gasteiger partial charge in [0, 0.05) is 6.61 Å². The van der Waals surface area contributed by atoms with Crippen LogP contribution < -0.4 is 10.5 Å². The summed E-state index contributed by atoms with van der Waals surface area (Å²) in [6.07, 6.45) is 6.58. The zero-order valence-corrected chi connectivity index (χ0v) is 13.6. The Morgan fingerprint density at radius 2 is 1.95 bits per heavy atom. The lowest BCUT2D eigenvalue weighted by Gasteiger charge is -2.34. The summed E-state index contributed by atoms with van der Waals surface area (Å²) in [4.78, 5) is 0. The molecule has 0 saturated heterocycles. The van der Waals surface area contributed by atoms with Crippen molar-refractivity contribution in [2.45, 2.75) is 58.1 Å². The van der Waals surface area contributed by atoms with E-state index in [1.165, 1.54) is 43.2 Å². The number of nitrogens with two attached hydrogens (primary N) is 1. The van der Waals surface area contributed by atoms with Gasteiger partial charge in [0.05, 0.1) is 19.3 Å². The minimum atomic E-state index is -0.0565. The van der Waals surface area contributed by atoms with E-state index in [2.05, 4.69) is 26.0 Å². The van der Waals surface area contributed by atoms with Gasteiger partial charge in [0.25, 0.3) is 0 Å². The van der Waals surface area contributed by atoms with Crippen LogP contribution in [0.2, 0.25) is 0 Å². The molecular weight excluding hydrogens is 262 g/mol. The Hall–Kier alpha value is -1.06. The van der Waals surface area contributed by atoms with Gasteiger partial charge >= 0.3 is 0 Å². The summed E-state index contributed by atoms with van der Waals surface area (Å²) in [7, 11) is 1.69. The molecule has 1 saturated carbocycles. The van der Waals surface area contributed by atoms with E-state index in [-0.39, 0.29) is 12.1 Å². The zero-order valence-electron chi connectivity index (χ0n) is 13.6. The molecule has 118 valence electrons. The lowest BCUT2D eigenvalue weighted by molar-refractivity contribution is -0.00997. The third-order valence-electron chi connectivity index (χ3n) is 4.66. The van der Waals surface area contributed by atoms with E-state index in [0.29, 0.717) is 5.92 Å². The molecule has 2 atom stereocenters. The molecule has 1 aliphatic rings. The van der Waals surface area contributed by atoms with Crippen LogP contribution in [-0.4, -0.2) is 19.8 Å². The Morgan fingerprint density at radius 1 is 1.24 bits per heavy atom. The predicted molar refractivity (Wildman–Crippen MR) is 86.6 cm³/mol. The van der Waals surface area contributed by atoms with E-state index in [1.807, 2.05) is 6.07 Å². The SMILES string of the molecule is CCOC(C1CCCCC1)C(N)c1ccc(OC)cc1C. The number of methoxy groups -OCH3 is 1. The maximum atomic E-state index is 6.58. The van der Waals surface area contributed by atoms with Crippen molar-refractivity contribution in [3.63, 3.8) is 0 Å². The van der Waals surface area contributed by atoms with Crippen LogP contribution in [0.15, 0.2) is 18.2 Å². The summed E-state index contributed by atoms with van der Waals surface area (Å²) in [5.41, 5.74) is 8.95. The first-order valence-corrected chi connectivity index (χ1v) is 8.19. The third-order valence-corrected chi connectivity index (χ3v) is 4.66. The Labute approximate surface area is 128 Å². The zero-order chi connectivity index (χ0) is 15.2. The fourth-order valence-corrected chi connectivity index (χ4v) is 3.51. The van der Waals surface area contributed by atoms with Crippen molar-refractivity contribution in [1.82, 2.24) is 0 Å². The minimum absolute atomic E-state index is 0.0565. The number of hydrogen-bond donors (Lipinski definition) is 1. The van der Waals surface area contributed by atoms with E-state index in [4.69, 9.17) is 15.2 Å². The molecule has 3 nitrogen and oxygen atoms in total. The standard InChI is InChI=1S/C18H29NO2/c1-4-21-18(14-8-6-5-7-9-14)17(19)16-11-10-15(20-3)12-13(16)2/h10-12,14,17-18H,4-9,19H2,1-3H3. The lowest BCUT2D eigenvalue weighted by Crippen LogP contribution is -2.37. The van der Waals surface area contributed by atoms with Crippen LogP contribution in [0.5, 0.6) is 5.75 Å². The second kappa shape index (κ2) is 7.81. The summed E-state index contributed by atoms with van der Waals surface area (Å²) < 4.78 is 11.3. The van der Waals surface area contributed by atoms with Crippen LogP contribution >= 0.6 is 0 Å². The van der Waals surface area contributed by atoms with Crippen LogP contribution in [-0.2, 0) is 4.74 Å². The highest BCUT2D eigenvalue weighted by molar-refractivity contribution is 5.37. The van der Waals surface area contributed by atoms with Crippen LogP contribution in [0.25, 0.3) is 0 Å². The van der Waals surface area contributed by atoms with Crippen LogP contribution in [0.4, 0.5) is 0 Å². The van der Waals surface area contributed by atoms with Gasteiger partial charge in [0.1, 0.15) is 5.75 Å². The molecule has 0 aliphatic heterocycles. The van der Waals surface area contributed by atoms with Gasteiger partial charge in [-0.1, -0.05) is 25.3 Å². The van der Waals surface area contributed by atoms with Gasteiger partial charge in [-0.25, -0.2) is 0 Å². The molecule has 2 unspecified atom stereocenters. The van der Waals surface area contributed by atoms with Gasteiger partial charge in [-0.3, -0.25) is 0 Å². The number of hydrogen-bond acceptors (Lipinski definition) is 3. The van der Waals surface area contributed by atoms with Gasteiger partial charge in [-0.05, 0) is 55.9 Å². The Bertz CT molecular complexity index is 441. The fraction of sp³-hybridized carbons (Fsp3) is 0.667. The first-order valence-electron chi connectivity index (χ1n) is 8.19. The molecule has 0 spiro atoms. The first-order chi connectivity index (χ1) is 10.2. The number of aryl methyl sites for hydroxylation is 1. The fourth-order valence-electron chi connectivity index (χ4n) is 3.51. The van der Waals surface area contributed by atoms with Crippen LogP contribution in [0, 0.1) is 12.8 Å². The van der Waals surface area contributed by atoms with Gasteiger partial charge in [-0.2, -0.15) is 0 Å². The molecule has 1 aromatic carbocycles. The summed E-state index contributed by atoms with van der Waals surface area (Å²) >= 11 is 0. The highest BCUT2D eigenvalue weighted by atomic mass is 16.5. The monoisotopic (exact) mass is 291 g/mol. The van der Waals surface area contributed by atoms with E-state index >= 15 is 0 Å². The van der Waals surface area contributed by atoms with Crippen LogP contribution in [0.1, 0.15) is 56.2 Å². The summed E-state index contributed by atoms with van der Waals surface area (Å²) in [5.74, 6) is 1.48. The van der Waals surface area contributed by atoms with Gasteiger partial charge < -0.3 is 15.2 Å². The summed E-state index contributed by atoms with van der Waals surface area (Å²) in [6.45, 7) is 4.88. The number of benzene rings is 1. The maximum Gasteiger partial charge on any atom is 0.119 e. The molecule has 0 aromatic heterocycles. The van der Waals surface area contributed by atoms with Crippen molar-refractivity contribution in [2.24, 2.45) is 11.7 Å². The van der Waals surface area contributed by atoms with Crippen molar-refractivity contribution in [3.05, 3.63) is 29.3 Å². The highest BCUT2D eigenvalue weighted by Gasteiger charge is 2.30. The Morgan fingerprint density at radius 3 is 2.52 bits per heavy atom. The molecule has 3 heteroatoms. The molecule has 0 radical (unpaired) electrons. The van der Waals surface area contributed by atoms with Crippen molar-refractivity contribution in [2.75, 3.05) is 13.7 Å². The molecule has 1 fully saturated rings. The van der Waals surface area contributed by atoms with E-state index < -0.39 is 0 Å². The van der Waals surface area contributed by atoms with Crippen LogP contribution in [0.3, 0.4) is 0 Å². The molecule has 1 aromatic rings. The largest absolute Gasteiger partial charge is 0.497 e. The Kier molecular flexibility index (Phi) is 6.07. The number of rotatable bonds is 6. The summed E-state index contributed by atoms with van der Waals surface area (Å²) in [5, 5.41) is 0. The van der Waals surface area contributed by atoms with E-state index in [9.17, 15) is 0 Å². The highest BCUT2D eigenvalue weighted by Crippen LogP contribution is 2.34. The molecule has 0 bridgehead atoms. The second-order valence-electron chi connectivity index (χ2n) is 6.07. The summed E-state index contributed by atoms with van der Waals surface area (Å²) in [6, 6.07) is 6.08. The second-order valence-corrected chi connectivity index (χ2v) is 6.07. The van der Waals surface area contributed by atoms with Crippen molar-refractivity contribution in [1.29, 1.82) is 0 Å².